The third-order valence-corrected chi connectivity index (χ3v) is 2.46. The highest BCUT2D eigenvalue weighted by Crippen LogP contribution is 2.30. The van der Waals surface area contributed by atoms with Crippen molar-refractivity contribution in [1.82, 2.24) is 10.9 Å². The summed E-state index contributed by atoms with van der Waals surface area (Å²) in [7, 11) is 0. The smallest absolute Gasteiger partial charge is 0.443 e. The molecule has 0 saturated carbocycles. The SMILES string of the molecule is CC(C)(C)OC(=O)NNC1=C(C(=O)C(F)(F)F)CCC1. The van der Waals surface area contributed by atoms with Gasteiger partial charge in [0.1, 0.15) is 5.60 Å². The first-order chi connectivity index (χ1) is 9.00. The van der Waals surface area contributed by atoms with Gasteiger partial charge in [-0.1, -0.05) is 0 Å². The summed E-state index contributed by atoms with van der Waals surface area (Å²) in [5.74, 6) is -1.87. The molecule has 114 valence electrons. The summed E-state index contributed by atoms with van der Waals surface area (Å²) >= 11 is 0. The molecule has 20 heavy (non-hydrogen) atoms. The van der Waals surface area contributed by atoms with Crippen LogP contribution < -0.4 is 10.9 Å². The van der Waals surface area contributed by atoms with Gasteiger partial charge in [-0.05, 0) is 40.0 Å². The number of ether oxygens (including phenoxy) is 1. The van der Waals surface area contributed by atoms with Crippen LogP contribution >= 0.6 is 0 Å². The third-order valence-electron chi connectivity index (χ3n) is 2.46. The summed E-state index contributed by atoms with van der Waals surface area (Å²) in [4.78, 5) is 22.5. The number of Topliss-reactive ketones (excluding diaryl/α,β-unsaturated/α-hetero) is 1. The summed E-state index contributed by atoms with van der Waals surface area (Å²) in [5, 5.41) is 0. The van der Waals surface area contributed by atoms with Crippen LogP contribution in [0, 0.1) is 0 Å². The van der Waals surface area contributed by atoms with Crippen LogP contribution in [0.15, 0.2) is 11.3 Å². The molecule has 0 heterocycles. The fourth-order valence-corrected chi connectivity index (χ4v) is 1.73. The minimum absolute atomic E-state index is 0.0384. The number of carbonyl (C=O) groups excluding carboxylic acids is 2. The van der Waals surface area contributed by atoms with Crippen LogP contribution in [-0.4, -0.2) is 23.7 Å². The lowest BCUT2D eigenvalue weighted by atomic mass is 10.1. The number of halogens is 3. The number of hydrogen-bond donors (Lipinski definition) is 2. The molecule has 0 radical (unpaired) electrons. The molecule has 0 fully saturated rings. The van der Waals surface area contributed by atoms with Crippen LogP contribution in [-0.2, 0) is 9.53 Å². The van der Waals surface area contributed by atoms with E-state index in [2.05, 4.69) is 10.9 Å². The van der Waals surface area contributed by atoms with E-state index < -0.39 is 23.7 Å². The minimum Gasteiger partial charge on any atom is -0.443 e. The lowest BCUT2D eigenvalue weighted by molar-refractivity contribution is -0.166. The monoisotopic (exact) mass is 294 g/mol. The molecule has 1 aliphatic rings. The van der Waals surface area contributed by atoms with E-state index in [0.717, 1.165) is 0 Å². The average Bonchev–Trinajstić information content (AvgIpc) is 2.69. The van der Waals surface area contributed by atoms with Gasteiger partial charge in [-0.2, -0.15) is 13.2 Å². The van der Waals surface area contributed by atoms with Crippen LogP contribution in [0.1, 0.15) is 40.0 Å². The van der Waals surface area contributed by atoms with E-state index in [1.54, 1.807) is 20.8 Å². The van der Waals surface area contributed by atoms with Crippen LogP contribution in [0.25, 0.3) is 0 Å². The topological polar surface area (TPSA) is 67.4 Å². The molecule has 1 aliphatic carbocycles. The third kappa shape index (κ3) is 4.75. The first kappa shape index (κ1) is 16.3. The van der Waals surface area contributed by atoms with Gasteiger partial charge >= 0.3 is 12.3 Å². The van der Waals surface area contributed by atoms with Crippen molar-refractivity contribution >= 4 is 11.9 Å². The second kappa shape index (κ2) is 5.72. The van der Waals surface area contributed by atoms with E-state index in [4.69, 9.17) is 4.74 Å². The molecule has 0 spiro atoms. The number of hydrazine groups is 1. The summed E-state index contributed by atoms with van der Waals surface area (Å²) in [6.45, 7) is 4.96. The van der Waals surface area contributed by atoms with Crippen molar-refractivity contribution in [2.75, 3.05) is 0 Å². The second-order valence-electron chi connectivity index (χ2n) is 5.39. The van der Waals surface area contributed by atoms with Gasteiger partial charge in [0.05, 0.1) is 0 Å². The lowest BCUT2D eigenvalue weighted by Crippen LogP contribution is -2.41. The Labute approximate surface area is 114 Å². The number of amides is 1. The largest absolute Gasteiger partial charge is 0.454 e. The molecule has 1 amide bonds. The normalized spacial score (nSPS) is 16.1. The molecule has 0 aromatic rings. The van der Waals surface area contributed by atoms with Crippen molar-refractivity contribution in [3.63, 3.8) is 0 Å². The van der Waals surface area contributed by atoms with Crippen LogP contribution in [0.2, 0.25) is 0 Å². The van der Waals surface area contributed by atoms with Crippen molar-refractivity contribution < 1.29 is 27.5 Å². The van der Waals surface area contributed by atoms with E-state index in [9.17, 15) is 22.8 Å². The molecule has 0 aromatic heterocycles. The lowest BCUT2D eigenvalue weighted by Gasteiger charge is -2.20. The number of nitrogens with one attached hydrogen (secondary N) is 2. The Hall–Kier alpha value is -1.73. The minimum atomic E-state index is -4.90. The number of ketones is 1. The second-order valence-corrected chi connectivity index (χ2v) is 5.39. The highest BCUT2D eigenvalue weighted by Gasteiger charge is 2.42. The maximum absolute atomic E-state index is 12.4. The first-order valence-electron chi connectivity index (χ1n) is 6.09. The number of carbonyl (C=O) groups is 2. The number of rotatable bonds is 3. The maximum Gasteiger partial charge on any atom is 0.454 e. The van der Waals surface area contributed by atoms with Crippen LogP contribution in [0.3, 0.4) is 0 Å². The van der Waals surface area contributed by atoms with Crippen LogP contribution in [0.5, 0.6) is 0 Å². The van der Waals surface area contributed by atoms with Gasteiger partial charge < -0.3 is 4.74 Å². The first-order valence-corrected chi connectivity index (χ1v) is 6.09. The van der Waals surface area contributed by atoms with Gasteiger partial charge in [0.2, 0.25) is 0 Å². The zero-order chi connectivity index (χ0) is 15.6. The molecule has 0 bridgehead atoms. The quantitative estimate of drug-likeness (QED) is 0.785. The molecule has 0 aliphatic heterocycles. The summed E-state index contributed by atoms with van der Waals surface area (Å²) < 4.78 is 42.0. The Bertz CT molecular complexity index is 436. The molecular weight excluding hydrogens is 277 g/mol. The molecule has 2 N–H and O–H groups in total. The van der Waals surface area contributed by atoms with Crippen molar-refractivity contribution in [1.29, 1.82) is 0 Å². The predicted octanol–water partition coefficient (Wildman–Crippen LogP) is 2.59. The molecule has 1 rings (SSSR count). The molecule has 5 nitrogen and oxygen atoms in total. The Morgan fingerprint density at radius 3 is 2.25 bits per heavy atom. The Balaban J connectivity index is 2.66. The Morgan fingerprint density at radius 1 is 1.15 bits per heavy atom. The van der Waals surface area contributed by atoms with E-state index in [0.29, 0.717) is 6.42 Å². The van der Waals surface area contributed by atoms with Crippen molar-refractivity contribution in [2.45, 2.75) is 51.8 Å². The maximum atomic E-state index is 12.4. The van der Waals surface area contributed by atoms with Crippen molar-refractivity contribution in [3.8, 4) is 0 Å². The fourth-order valence-electron chi connectivity index (χ4n) is 1.73. The van der Waals surface area contributed by atoms with Gasteiger partial charge in [-0.15, -0.1) is 0 Å². The predicted molar refractivity (Wildman–Crippen MR) is 64.4 cm³/mol. The molecule has 0 saturated heterocycles. The zero-order valence-electron chi connectivity index (χ0n) is 11.5. The van der Waals surface area contributed by atoms with E-state index in [1.165, 1.54) is 0 Å². The number of alkyl halides is 3. The van der Waals surface area contributed by atoms with Gasteiger partial charge in [0, 0.05) is 11.3 Å². The number of allylic oxidation sites excluding steroid dienone is 2. The van der Waals surface area contributed by atoms with Crippen LogP contribution in [0.4, 0.5) is 18.0 Å². The zero-order valence-corrected chi connectivity index (χ0v) is 11.5. The molecule has 0 atom stereocenters. The molecular formula is C12H17F3N2O3. The van der Waals surface area contributed by atoms with Gasteiger partial charge in [0.15, 0.2) is 0 Å². The van der Waals surface area contributed by atoms with Crippen molar-refractivity contribution in [2.24, 2.45) is 0 Å². The van der Waals surface area contributed by atoms with Gasteiger partial charge in [-0.25, -0.2) is 10.2 Å². The van der Waals surface area contributed by atoms with E-state index >= 15 is 0 Å². The Kier molecular flexibility index (Phi) is 4.67. The highest BCUT2D eigenvalue weighted by atomic mass is 19.4. The summed E-state index contributed by atoms with van der Waals surface area (Å²) in [6, 6.07) is 0. The molecule has 0 unspecified atom stereocenters. The van der Waals surface area contributed by atoms with Crippen molar-refractivity contribution in [3.05, 3.63) is 11.3 Å². The summed E-state index contributed by atoms with van der Waals surface area (Å²) in [6.07, 6.45) is -4.99. The summed E-state index contributed by atoms with van der Waals surface area (Å²) in [5.41, 5.74) is 3.49. The van der Waals surface area contributed by atoms with Gasteiger partial charge in [-0.3, -0.25) is 10.2 Å². The number of hydrogen-bond acceptors (Lipinski definition) is 4. The van der Waals surface area contributed by atoms with E-state index in [1.807, 2.05) is 0 Å². The average molecular weight is 294 g/mol. The highest BCUT2D eigenvalue weighted by molar-refractivity contribution is 6.00. The fraction of sp³-hybridized carbons (Fsp3) is 0.667. The van der Waals surface area contributed by atoms with E-state index in [-0.39, 0.29) is 24.1 Å². The standard InChI is InChI=1S/C12H17F3N2O3/c1-11(2,3)20-10(19)17-16-8-6-4-5-7(8)9(18)12(13,14)15/h16H,4-6H2,1-3H3,(H,17,19). The Morgan fingerprint density at radius 2 is 1.75 bits per heavy atom. The van der Waals surface area contributed by atoms with Gasteiger partial charge in [0.25, 0.3) is 5.78 Å². The molecule has 8 heteroatoms. The molecule has 0 aromatic carbocycles.